The molecular formula is C14H17N3OS. The molecule has 0 aliphatic carbocycles. The lowest BCUT2D eigenvalue weighted by atomic mass is 9.96. The van der Waals surface area contributed by atoms with E-state index in [2.05, 4.69) is 17.2 Å². The van der Waals surface area contributed by atoms with Crippen LogP contribution in [0.5, 0.6) is 0 Å². The summed E-state index contributed by atoms with van der Waals surface area (Å²) in [7, 11) is 0. The van der Waals surface area contributed by atoms with Gasteiger partial charge in [0.15, 0.2) is 5.17 Å². The second kappa shape index (κ2) is 5.93. The molecule has 1 aromatic rings. The number of carbonyl (C=O) groups is 1. The van der Waals surface area contributed by atoms with E-state index < -0.39 is 5.91 Å². The van der Waals surface area contributed by atoms with Gasteiger partial charge in [0.05, 0.1) is 5.57 Å². The third-order valence-corrected chi connectivity index (χ3v) is 3.65. The number of carbonyl (C=O) groups excluding carboxylic acids is 1. The fraction of sp³-hybridized carbons (Fsp3) is 0.286. The number of aliphatic imine (C=N–C) groups is 1. The second-order valence-electron chi connectivity index (χ2n) is 4.21. The van der Waals surface area contributed by atoms with Crippen LogP contribution in [0.15, 0.2) is 46.6 Å². The van der Waals surface area contributed by atoms with Crippen molar-refractivity contribution in [3.63, 3.8) is 0 Å². The molecule has 3 N–H and O–H groups in total. The van der Waals surface area contributed by atoms with Crippen LogP contribution < -0.4 is 11.1 Å². The molecular weight excluding hydrogens is 258 g/mol. The maximum Gasteiger partial charge on any atom is 0.248 e. The largest absolute Gasteiger partial charge is 0.366 e. The molecule has 4 nitrogen and oxygen atoms in total. The molecule has 19 heavy (non-hydrogen) atoms. The maximum absolute atomic E-state index is 11.7. The molecule has 5 heteroatoms. The molecule has 0 unspecified atom stereocenters. The first-order valence-electron chi connectivity index (χ1n) is 6.16. The van der Waals surface area contributed by atoms with Gasteiger partial charge in [0.1, 0.15) is 6.04 Å². The SMILES string of the molecule is CCSC1=N[C@@H](c2ccccc2)C(C(N)=O)=C(C)N1. The van der Waals surface area contributed by atoms with Gasteiger partial charge in [-0.05, 0) is 18.2 Å². The number of thioether (sulfide) groups is 1. The van der Waals surface area contributed by atoms with Crippen LogP contribution >= 0.6 is 11.8 Å². The van der Waals surface area contributed by atoms with E-state index in [0.717, 1.165) is 22.2 Å². The minimum Gasteiger partial charge on any atom is -0.366 e. The Balaban J connectivity index is 2.44. The molecule has 1 aliphatic heterocycles. The normalized spacial score (nSPS) is 18.8. The Kier molecular flexibility index (Phi) is 4.27. The van der Waals surface area contributed by atoms with Gasteiger partial charge in [-0.15, -0.1) is 0 Å². The fourth-order valence-corrected chi connectivity index (χ4v) is 2.73. The highest BCUT2D eigenvalue weighted by Crippen LogP contribution is 2.31. The van der Waals surface area contributed by atoms with Gasteiger partial charge < -0.3 is 11.1 Å². The van der Waals surface area contributed by atoms with Gasteiger partial charge in [0, 0.05) is 5.70 Å². The van der Waals surface area contributed by atoms with Gasteiger partial charge in [0.25, 0.3) is 0 Å². The summed E-state index contributed by atoms with van der Waals surface area (Å²) in [6.45, 7) is 3.93. The zero-order chi connectivity index (χ0) is 13.8. The number of nitrogens with one attached hydrogen (secondary N) is 1. The van der Waals surface area contributed by atoms with Crippen molar-refractivity contribution in [2.75, 3.05) is 5.75 Å². The number of nitrogens with two attached hydrogens (primary N) is 1. The van der Waals surface area contributed by atoms with Crippen LogP contribution in [0.4, 0.5) is 0 Å². The summed E-state index contributed by atoms with van der Waals surface area (Å²) in [6.07, 6.45) is 0. The van der Waals surface area contributed by atoms with Crippen LogP contribution in [-0.4, -0.2) is 16.8 Å². The first-order chi connectivity index (χ1) is 9.13. The molecule has 1 aliphatic rings. The smallest absolute Gasteiger partial charge is 0.248 e. The molecule has 1 heterocycles. The van der Waals surface area contributed by atoms with Crippen molar-refractivity contribution in [2.24, 2.45) is 10.7 Å². The predicted octanol–water partition coefficient (Wildman–Crippen LogP) is 2.20. The molecule has 0 spiro atoms. The number of allylic oxidation sites excluding steroid dienone is 1. The Morgan fingerprint density at radius 1 is 1.42 bits per heavy atom. The topological polar surface area (TPSA) is 67.5 Å². The third-order valence-electron chi connectivity index (χ3n) is 2.88. The van der Waals surface area contributed by atoms with Gasteiger partial charge in [-0.3, -0.25) is 4.79 Å². The number of amides is 1. The number of rotatable bonds is 3. The van der Waals surface area contributed by atoms with E-state index in [9.17, 15) is 4.79 Å². The molecule has 0 radical (unpaired) electrons. The molecule has 2 rings (SSSR count). The molecule has 1 atom stereocenters. The molecule has 100 valence electrons. The first kappa shape index (κ1) is 13.7. The second-order valence-corrected chi connectivity index (χ2v) is 5.46. The Hall–Kier alpha value is -1.75. The van der Waals surface area contributed by atoms with Crippen molar-refractivity contribution in [3.05, 3.63) is 47.2 Å². The number of benzene rings is 1. The van der Waals surface area contributed by atoms with E-state index in [1.807, 2.05) is 37.3 Å². The zero-order valence-corrected chi connectivity index (χ0v) is 11.8. The number of primary amides is 1. The minimum atomic E-state index is -0.428. The summed E-state index contributed by atoms with van der Waals surface area (Å²) in [5.74, 6) is 0.496. The van der Waals surface area contributed by atoms with E-state index in [1.165, 1.54) is 0 Å². The Bertz CT molecular complexity index is 537. The molecule has 1 amide bonds. The van der Waals surface area contributed by atoms with Crippen LogP contribution in [0.2, 0.25) is 0 Å². The van der Waals surface area contributed by atoms with Gasteiger partial charge in [-0.2, -0.15) is 0 Å². The van der Waals surface area contributed by atoms with E-state index in [-0.39, 0.29) is 6.04 Å². The summed E-state index contributed by atoms with van der Waals surface area (Å²) in [6, 6.07) is 9.43. The van der Waals surface area contributed by atoms with Crippen LogP contribution in [0, 0.1) is 0 Å². The van der Waals surface area contributed by atoms with Crippen molar-refractivity contribution in [1.29, 1.82) is 0 Å². The van der Waals surface area contributed by atoms with Crippen molar-refractivity contribution in [2.45, 2.75) is 19.9 Å². The van der Waals surface area contributed by atoms with Crippen LogP contribution in [-0.2, 0) is 4.79 Å². The summed E-state index contributed by atoms with van der Waals surface area (Å²) >= 11 is 1.62. The lowest BCUT2D eigenvalue weighted by molar-refractivity contribution is -0.114. The van der Waals surface area contributed by atoms with E-state index >= 15 is 0 Å². The lowest BCUT2D eigenvalue weighted by Gasteiger charge is -2.25. The van der Waals surface area contributed by atoms with Gasteiger partial charge in [-0.1, -0.05) is 49.0 Å². The quantitative estimate of drug-likeness (QED) is 0.888. The molecule has 0 fully saturated rings. The van der Waals surface area contributed by atoms with Crippen molar-refractivity contribution in [1.82, 2.24) is 5.32 Å². The highest BCUT2D eigenvalue weighted by atomic mass is 32.2. The van der Waals surface area contributed by atoms with Crippen molar-refractivity contribution in [3.8, 4) is 0 Å². The summed E-state index contributed by atoms with van der Waals surface area (Å²) in [4.78, 5) is 16.3. The average molecular weight is 275 g/mol. The Morgan fingerprint density at radius 3 is 2.68 bits per heavy atom. The predicted molar refractivity (Wildman–Crippen MR) is 79.8 cm³/mol. The van der Waals surface area contributed by atoms with Crippen LogP contribution in [0.3, 0.4) is 0 Å². The monoisotopic (exact) mass is 275 g/mol. The van der Waals surface area contributed by atoms with Gasteiger partial charge >= 0.3 is 0 Å². The van der Waals surface area contributed by atoms with Crippen LogP contribution in [0.25, 0.3) is 0 Å². The zero-order valence-electron chi connectivity index (χ0n) is 11.0. The van der Waals surface area contributed by atoms with Crippen LogP contribution in [0.1, 0.15) is 25.5 Å². The summed E-state index contributed by atoms with van der Waals surface area (Å²) in [5, 5.41) is 3.97. The fourth-order valence-electron chi connectivity index (χ4n) is 2.05. The highest BCUT2D eigenvalue weighted by molar-refractivity contribution is 8.13. The van der Waals surface area contributed by atoms with E-state index in [0.29, 0.717) is 5.57 Å². The molecule has 0 bridgehead atoms. The van der Waals surface area contributed by atoms with E-state index in [4.69, 9.17) is 5.73 Å². The molecule has 0 aromatic heterocycles. The molecule has 0 saturated heterocycles. The number of amidine groups is 1. The third kappa shape index (κ3) is 2.98. The standard InChI is InChI=1S/C14H17N3OS/c1-3-19-14-16-9(2)11(13(15)18)12(17-14)10-7-5-4-6-8-10/h4-8,12H,3H2,1-2H3,(H2,15,18)(H,16,17)/t12-/m0/s1. The minimum absolute atomic E-state index is 0.311. The highest BCUT2D eigenvalue weighted by Gasteiger charge is 2.27. The Labute approximate surface area is 117 Å². The molecule has 0 saturated carbocycles. The number of nitrogens with zero attached hydrogens (tertiary/aromatic N) is 1. The lowest BCUT2D eigenvalue weighted by Crippen LogP contribution is -2.32. The first-order valence-corrected chi connectivity index (χ1v) is 7.15. The van der Waals surface area contributed by atoms with E-state index in [1.54, 1.807) is 11.8 Å². The van der Waals surface area contributed by atoms with Gasteiger partial charge in [0.2, 0.25) is 5.91 Å². The number of hydrogen-bond donors (Lipinski definition) is 2. The molecule has 1 aromatic carbocycles. The average Bonchev–Trinajstić information content (AvgIpc) is 2.39. The number of hydrogen-bond acceptors (Lipinski definition) is 4. The maximum atomic E-state index is 11.7. The van der Waals surface area contributed by atoms with Gasteiger partial charge in [-0.25, -0.2) is 4.99 Å². The van der Waals surface area contributed by atoms with Crippen molar-refractivity contribution < 1.29 is 4.79 Å². The van der Waals surface area contributed by atoms with Crippen molar-refractivity contribution >= 4 is 22.8 Å². The summed E-state index contributed by atoms with van der Waals surface area (Å²) in [5.41, 5.74) is 7.79. The summed E-state index contributed by atoms with van der Waals surface area (Å²) < 4.78 is 0. The Morgan fingerprint density at radius 2 is 2.11 bits per heavy atom.